The van der Waals surface area contributed by atoms with Crippen LogP contribution in [0.3, 0.4) is 0 Å². The highest BCUT2D eigenvalue weighted by atomic mass is 79.9. The highest BCUT2D eigenvalue weighted by Gasteiger charge is 2.13. The maximum Gasteiger partial charge on any atom is 0.307 e. The Hall–Kier alpha value is -0.390. The summed E-state index contributed by atoms with van der Waals surface area (Å²) in [6, 6.07) is 4.14. The van der Waals surface area contributed by atoms with Crippen LogP contribution in [-0.2, 0) is 11.2 Å². The maximum absolute atomic E-state index is 10.7. The van der Waals surface area contributed by atoms with Gasteiger partial charge in [-0.05, 0) is 41.5 Å². The largest absolute Gasteiger partial charge is 0.481 e. The van der Waals surface area contributed by atoms with E-state index in [2.05, 4.69) is 26.9 Å². The van der Waals surface area contributed by atoms with E-state index in [1.807, 2.05) is 13.1 Å². The quantitative estimate of drug-likeness (QED) is 0.878. The number of rotatable bonds is 6. The van der Waals surface area contributed by atoms with E-state index >= 15 is 0 Å². The van der Waals surface area contributed by atoms with Crippen LogP contribution < -0.4 is 0 Å². The molecule has 90 valence electrons. The molecule has 0 bridgehead atoms. The number of halogens is 1. The van der Waals surface area contributed by atoms with Crippen molar-refractivity contribution in [1.82, 2.24) is 4.90 Å². The number of aliphatic carboxylic acids is 1. The van der Waals surface area contributed by atoms with Crippen molar-refractivity contribution in [3.05, 3.63) is 20.8 Å². The van der Waals surface area contributed by atoms with E-state index in [9.17, 15) is 4.79 Å². The highest BCUT2D eigenvalue weighted by Crippen LogP contribution is 2.22. The van der Waals surface area contributed by atoms with E-state index in [0.717, 1.165) is 16.8 Å². The second kappa shape index (κ2) is 6.37. The lowest BCUT2D eigenvalue weighted by atomic mass is 10.2. The topological polar surface area (TPSA) is 40.5 Å². The summed E-state index contributed by atoms with van der Waals surface area (Å²) in [5.74, 6) is -1.04. The molecule has 0 aromatic carbocycles. The van der Waals surface area contributed by atoms with Crippen molar-refractivity contribution >= 4 is 33.2 Å². The van der Waals surface area contributed by atoms with Crippen molar-refractivity contribution < 1.29 is 9.90 Å². The summed E-state index contributed by atoms with van der Waals surface area (Å²) in [5, 5.41) is 8.79. The Morgan fingerprint density at radius 1 is 1.62 bits per heavy atom. The Labute approximate surface area is 108 Å². The third-order valence-corrected chi connectivity index (χ3v) is 4.06. The van der Waals surface area contributed by atoms with Crippen molar-refractivity contribution in [3.8, 4) is 0 Å². The van der Waals surface area contributed by atoms with E-state index < -0.39 is 5.97 Å². The van der Waals surface area contributed by atoms with Gasteiger partial charge in [0.25, 0.3) is 0 Å². The first-order chi connectivity index (χ1) is 7.49. The van der Waals surface area contributed by atoms with Crippen molar-refractivity contribution in [3.63, 3.8) is 0 Å². The smallest absolute Gasteiger partial charge is 0.307 e. The first-order valence-corrected chi connectivity index (χ1v) is 6.75. The zero-order chi connectivity index (χ0) is 12.1. The molecule has 0 radical (unpaired) electrons. The SMILES string of the molecule is CC(CN(C)CCc1ccc(Br)s1)C(=O)O. The second-order valence-corrected chi connectivity index (χ2v) is 6.50. The van der Waals surface area contributed by atoms with E-state index in [1.165, 1.54) is 4.88 Å². The molecule has 0 aliphatic rings. The van der Waals surface area contributed by atoms with Crippen LogP contribution in [0.1, 0.15) is 11.8 Å². The van der Waals surface area contributed by atoms with Crippen LogP contribution in [0, 0.1) is 5.92 Å². The number of likely N-dealkylation sites (N-methyl/N-ethyl adjacent to an activating group) is 1. The summed E-state index contributed by atoms with van der Waals surface area (Å²) in [6.07, 6.45) is 0.971. The molecule has 5 heteroatoms. The van der Waals surface area contributed by atoms with Gasteiger partial charge in [0, 0.05) is 18.0 Å². The first-order valence-electron chi connectivity index (χ1n) is 5.14. The van der Waals surface area contributed by atoms with Crippen LogP contribution in [-0.4, -0.2) is 36.1 Å². The van der Waals surface area contributed by atoms with E-state index in [0.29, 0.717) is 6.54 Å². The molecule has 0 aliphatic heterocycles. The van der Waals surface area contributed by atoms with Gasteiger partial charge in [0.1, 0.15) is 0 Å². The normalized spacial score (nSPS) is 13.0. The minimum Gasteiger partial charge on any atom is -0.481 e. The summed E-state index contributed by atoms with van der Waals surface area (Å²) in [6.45, 7) is 3.23. The van der Waals surface area contributed by atoms with Gasteiger partial charge in [-0.2, -0.15) is 0 Å². The van der Waals surface area contributed by atoms with E-state index in [1.54, 1.807) is 18.3 Å². The van der Waals surface area contributed by atoms with Crippen LogP contribution in [0.5, 0.6) is 0 Å². The Kier molecular flexibility index (Phi) is 5.44. The lowest BCUT2D eigenvalue weighted by molar-refractivity contribution is -0.141. The average molecular weight is 306 g/mol. The molecule has 0 aliphatic carbocycles. The molecule has 0 spiro atoms. The summed E-state index contributed by atoms with van der Waals surface area (Å²) in [5.41, 5.74) is 0. The number of nitrogens with zero attached hydrogens (tertiary/aromatic N) is 1. The van der Waals surface area contributed by atoms with E-state index in [-0.39, 0.29) is 5.92 Å². The zero-order valence-electron chi connectivity index (χ0n) is 9.44. The minimum atomic E-state index is -0.731. The molecule has 1 aromatic rings. The number of carbonyl (C=O) groups is 1. The predicted octanol–water partition coefficient (Wildman–Crippen LogP) is 2.71. The summed E-state index contributed by atoms with van der Waals surface area (Å²) in [4.78, 5) is 14.1. The number of carboxylic acids is 1. The molecule has 3 nitrogen and oxygen atoms in total. The van der Waals surface area contributed by atoms with Gasteiger partial charge >= 0.3 is 5.97 Å². The van der Waals surface area contributed by atoms with Gasteiger partial charge in [-0.25, -0.2) is 0 Å². The lowest BCUT2D eigenvalue weighted by Gasteiger charge is -2.18. The first kappa shape index (κ1) is 13.7. The van der Waals surface area contributed by atoms with Gasteiger partial charge in [-0.15, -0.1) is 11.3 Å². The molecule has 0 saturated heterocycles. The molecule has 1 aromatic heterocycles. The summed E-state index contributed by atoms with van der Waals surface area (Å²) >= 11 is 5.15. The fraction of sp³-hybridized carbons (Fsp3) is 0.545. The fourth-order valence-corrected chi connectivity index (χ4v) is 2.90. The molecule has 0 amide bonds. The molecule has 1 rings (SSSR count). The Bertz CT molecular complexity index is 354. The van der Waals surface area contributed by atoms with Gasteiger partial charge in [-0.3, -0.25) is 4.79 Å². The molecular formula is C11H16BrNO2S. The predicted molar refractivity (Wildman–Crippen MR) is 70.0 cm³/mol. The molecular weight excluding hydrogens is 290 g/mol. The van der Waals surface area contributed by atoms with Crippen molar-refractivity contribution in [2.24, 2.45) is 5.92 Å². The van der Waals surface area contributed by atoms with Crippen molar-refractivity contribution in [2.45, 2.75) is 13.3 Å². The second-order valence-electron chi connectivity index (χ2n) is 3.96. The molecule has 0 fully saturated rings. The van der Waals surface area contributed by atoms with Gasteiger partial charge in [-0.1, -0.05) is 6.92 Å². The van der Waals surface area contributed by atoms with Crippen LogP contribution in [0.2, 0.25) is 0 Å². The monoisotopic (exact) mass is 305 g/mol. The average Bonchev–Trinajstić information content (AvgIpc) is 2.61. The van der Waals surface area contributed by atoms with Crippen molar-refractivity contribution in [1.29, 1.82) is 0 Å². The van der Waals surface area contributed by atoms with Gasteiger partial charge in [0.15, 0.2) is 0 Å². The van der Waals surface area contributed by atoms with Gasteiger partial charge in [0.05, 0.1) is 9.70 Å². The third-order valence-electron chi connectivity index (χ3n) is 2.38. The molecule has 1 heterocycles. The van der Waals surface area contributed by atoms with Crippen LogP contribution in [0.4, 0.5) is 0 Å². The van der Waals surface area contributed by atoms with E-state index in [4.69, 9.17) is 5.11 Å². The van der Waals surface area contributed by atoms with Gasteiger partial charge in [0.2, 0.25) is 0 Å². The Morgan fingerprint density at radius 3 is 2.81 bits per heavy atom. The van der Waals surface area contributed by atoms with Crippen LogP contribution in [0.25, 0.3) is 0 Å². The van der Waals surface area contributed by atoms with Crippen LogP contribution in [0.15, 0.2) is 15.9 Å². The van der Waals surface area contributed by atoms with Gasteiger partial charge < -0.3 is 10.0 Å². The molecule has 1 N–H and O–H groups in total. The Balaban J connectivity index is 2.30. The number of thiophene rings is 1. The fourth-order valence-electron chi connectivity index (χ4n) is 1.42. The highest BCUT2D eigenvalue weighted by molar-refractivity contribution is 9.11. The number of hydrogen-bond donors (Lipinski definition) is 1. The summed E-state index contributed by atoms with van der Waals surface area (Å²) in [7, 11) is 1.96. The third kappa shape index (κ3) is 4.63. The maximum atomic E-state index is 10.7. The minimum absolute atomic E-state index is 0.305. The Morgan fingerprint density at radius 2 is 2.31 bits per heavy atom. The molecule has 1 unspecified atom stereocenters. The lowest BCUT2D eigenvalue weighted by Crippen LogP contribution is -2.30. The number of carboxylic acid groups (broad SMARTS) is 1. The molecule has 0 saturated carbocycles. The van der Waals surface area contributed by atoms with Crippen molar-refractivity contribution in [2.75, 3.05) is 20.1 Å². The van der Waals surface area contributed by atoms with Crippen LogP contribution >= 0.6 is 27.3 Å². The standard InChI is InChI=1S/C11H16BrNO2S/c1-8(11(14)15)7-13(2)6-5-9-3-4-10(12)16-9/h3-4,8H,5-7H2,1-2H3,(H,14,15). The molecule has 1 atom stereocenters. The summed E-state index contributed by atoms with van der Waals surface area (Å²) < 4.78 is 1.14. The molecule has 16 heavy (non-hydrogen) atoms. The number of hydrogen-bond acceptors (Lipinski definition) is 3. The zero-order valence-corrected chi connectivity index (χ0v) is 11.8.